The van der Waals surface area contributed by atoms with Crippen LogP contribution in [-0.4, -0.2) is 35.6 Å². The van der Waals surface area contributed by atoms with E-state index >= 15 is 0 Å². The van der Waals surface area contributed by atoms with E-state index in [0.717, 1.165) is 6.42 Å². The summed E-state index contributed by atoms with van der Waals surface area (Å²) in [6.45, 7) is 4.13. The number of rotatable bonds is 5. The van der Waals surface area contributed by atoms with Crippen LogP contribution >= 0.6 is 0 Å². The molecule has 0 aromatic carbocycles. The zero-order valence-corrected chi connectivity index (χ0v) is 6.63. The van der Waals surface area contributed by atoms with Crippen molar-refractivity contribution < 1.29 is 14.9 Å². The van der Waals surface area contributed by atoms with Gasteiger partial charge in [-0.15, -0.1) is 0 Å². The van der Waals surface area contributed by atoms with Gasteiger partial charge in [-0.25, -0.2) is 0 Å². The van der Waals surface area contributed by atoms with Crippen molar-refractivity contribution in [2.45, 2.75) is 25.9 Å². The maximum Gasteiger partial charge on any atom is 0.108 e. The lowest BCUT2D eigenvalue weighted by Gasteiger charge is -2.19. The molecule has 3 heteroatoms. The van der Waals surface area contributed by atoms with Gasteiger partial charge in [-0.05, 0) is 13.3 Å². The molecule has 62 valence electrons. The molecule has 0 unspecified atom stereocenters. The number of aliphatic hydroxyl groups excluding tert-OH is 1. The van der Waals surface area contributed by atoms with E-state index < -0.39 is 5.60 Å². The predicted octanol–water partition coefficient (Wildman–Crippen LogP) is 0.156. The van der Waals surface area contributed by atoms with Crippen molar-refractivity contribution in [3.8, 4) is 0 Å². The molecule has 0 saturated heterocycles. The van der Waals surface area contributed by atoms with Crippen LogP contribution in [0.3, 0.4) is 0 Å². The number of aliphatic hydroxyl groups is 2. The van der Waals surface area contributed by atoms with Gasteiger partial charge in [0.25, 0.3) is 0 Å². The minimum atomic E-state index is -1.07. The third-order valence-electron chi connectivity index (χ3n) is 1.10. The maximum atomic E-state index is 9.17. The highest BCUT2D eigenvalue weighted by molar-refractivity contribution is 4.68. The fraction of sp³-hybridized carbons (Fsp3) is 1.00. The number of ether oxygens (including phenoxy) is 1. The Morgan fingerprint density at radius 1 is 1.50 bits per heavy atom. The molecule has 0 saturated carbocycles. The molecule has 0 aliphatic rings. The second kappa shape index (κ2) is 4.66. The average Bonchev–Trinajstić information content (AvgIpc) is 1.89. The molecular formula is C7H16O3. The fourth-order valence-corrected chi connectivity index (χ4v) is 0.482. The fourth-order valence-electron chi connectivity index (χ4n) is 0.482. The van der Waals surface area contributed by atoms with Crippen molar-refractivity contribution in [2.24, 2.45) is 0 Å². The van der Waals surface area contributed by atoms with Crippen LogP contribution in [0.15, 0.2) is 0 Å². The van der Waals surface area contributed by atoms with Crippen molar-refractivity contribution in [1.29, 1.82) is 0 Å². The SMILES string of the molecule is CCCOC[C@](C)(O)CO. The second-order valence-electron chi connectivity index (χ2n) is 2.71. The molecule has 0 amide bonds. The van der Waals surface area contributed by atoms with Crippen LogP contribution in [-0.2, 0) is 4.74 Å². The van der Waals surface area contributed by atoms with Gasteiger partial charge in [-0.3, -0.25) is 0 Å². The van der Waals surface area contributed by atoms with E-state index in [4.69, 9.17) is 9.84 Å². The van der Waals surface area contributed by atoms with E-state index in [9.17, 15) is 5.11 Å². The average molecular weight is 148 g/mol. The molecule has 0 aromatic heterocycles. The molecular weight excluding hydrogens is 132 g/mol. The van der Waals surface area contributed by atoms with Crippen molar-refractivity contribution in [1.82, 2.24) is 0 Å². The van der Waals surface area contributed by atoms with Gasteiger partial charge >= 0.3 is 0 Å². The van der Waals surface area contributed by atoms with Crippen LogP contribution in [0.5, 0.6) is 0 Å². The standard InChI is InChI=1S/C7H16O3/c1-3-4-10-6-7(2,9)5-8/h8-9H,3-6H2,1-2H3/t7-/m1/s1. The molecule has 0 heterocycles. The van der Waals surface area contributed by atoms with Gasteiger partial charge in [0.2, 0.25) is 0 Å². The summed E-state index contributed by atoms with van der Waals surface area (Å²) in [5.41, 5.74) is -1.07. The van der Waals surface area contributed by atoms with E-state index in [2.05, 4.69) is 0 Å². The Labute approximate surface area is 61.6 Å². The summed E-state index contributed by atoms with van der Waals surface area (Å²) >= 11 is 0. The Kier molecular flexibility index (Phi) is 4.60. The lowest BCUT2D eigenvalue weighted by Crippen LogP contribution is -2.34. The molecule has 10 heavy (non-hydrogen) atoms. The van der Waals surface area contributed by atoms with Crippen molar-refractivity contribution in [2.75, 3.05) is 19.8 Å². The Balaban J connectivity index is 3.28. The van der Waals surface area contributed by atoms with Gasteiger partial charge in [-0.2, -0.15) is 0 Å². The van der Waals surface area contributed by atoms with Crippen LogP contribution in [0.1, 0.15) is 20.3 Å². The summed E-state index contributed by atoms with van der Waals surface area (Å²) in [4.78, 5) is 0. The molecule has 0 fully saturated rings. The highest BCUT2D eigenvalue weighted by atomic mass is 16.5. The maximum absolute atomic E-state index is 9.17. The minimum Gasteiger partial charge on any atom is -0.393 e. The van der Waals surface area contributed by atoms with Gasteiger partial charge in [0.15, 0.2) is 0 Å². The lowest BCUT2D eigenvalue weighted by molar-refractivity contribution is -0.0648. The summed E-state index contributed by atoms with van der Waals surface area (Å²) in [6.07, 6.45) is 0.932. The van der Waals surface area contributed by atoms with Crippen molar-refractivity contribution in [3.05, 3.63) is 0 Å². The predicted molar refractivity (Wildman–Crippen MR) is 38.8 cm³/mol. The van der Waals surface area contributed by atoms with Crippen molar-refractivity contribution >= 4 is 0 Å². The molecule has 0 bridgehead atoms. The molecule has 3 nitrogen and oxygen atoms in total. The van der Waals surface area contributed by atoms with Gasteiger partial charge < -0.3 is 14.9 Å². The largest absolute Gasteiger partial charge is 0.393 e. The zero-order valence-electron chi connectivity index (χ0n) is 6.63. The summed E-state index contributed by atoms with van der Waals surface area (Å²) in [6, 6.07) is 0. The Morgan fingerprint density at radius 2 is 2.10 bits per heavy atom. The molecule has 2 N–H and O–H groups in total. The lowest BCUT2D eigenvalue weighted by atomic mass is 10.1. The molecule has 0 aliphatic heterocycles. The van der Waals surface area contributed by atoms with E-state index in [1.54, 1.807) is 6.92 Å². The molecule has 0 radical (unpaired) electrons. The Hall–Kier alpha value is -0.120. The molecule has 1 atom stereocenters. The van der Waals surface area contributed by atoms with Crippen LogP contribution in [0.25, 0.3) is 0 Å². The normalized spacial score (nSPS) is 16.8. The van der Waals surface area contributed by atoms with Gasteiger partial charge in [0, 0.05) is 6.61 Å². The molecule has 0 spiro atoms. The Morgan fingerprint density at radius 3 is 2.50 bits per heavy atom. The van der Waals surface area contributed by atoms with E-state index in [1.165, 1.54) is 0 Å². The van der Waals surface area contributed by atoms with E-state index in [1.807, 2.05) is 6.92 Å². The first-order valence-electron chi connectivity index (χ1n) is 3.53. The molecule has 0 aromatic rings. The monoisotopic (exact) mass is 148 g/mol. The van der Waals surface area contributed by atoms with E-state index in [-0.39, 0.29) is 13.2 Å². The van der Waals surface area contributed by atoms with Crippen LogP contribution in [0.2, 0.25) is 0 Å². The van der Waals surface area contributed by atoms with E-state index in [0.29, 0.717) is 6.61 Å². The quantitative estimate of drug-likeness (QED) is 0.546. The van der Waals surface area contributed by atoms with Gasteiger partial charge in [0.1, 0.15) is 5.60 Å². The van der Waals surface area contributed by atoms with Crippen LogP contribution < -0.4 is 0 Å². The third-order valence-corrected chi connectivity index (χ3v) is 1.10. The van der Waals surface area contributed by atoms with Crippen molar-refractivity contribution in [3.63, 3.8) is 0 Å². The topological polar surface area (TPSA) is 49.7 Å². The van der Waals surface area contributed by atoms with Crippen LogP contribution in [0.4, 0.5) is 0 Å². The summed E-state index contributed by atoms with van der Waals surface area (Å²) < 4.78 is 5.03. The second-order valence-corrected chi connectivity index (χ2v) is 2.71. The zero-order chi connectivity index (χ0) is 8.04. The highest BCUT2D eigenvalue weighted by Gasteiger charge is 2.18. The summed E-state index contributed by atoms with van der Waals surface area (Å²) in [5, 5.41) is 17.7. The van der Waals surface area contributed by atoms with Gasteiger partial charge in [-0.1, -0.05) is 6.92 Å². The van der Waals surface area contributed by atoms with Crippen LogP contribution in [0, 0.1) is 0 Å². The first kappa shape index (κ1) is 9.88. The third kappa shape index (κ3) is 4.73. The molecule has 0 rings (SSSR count). The van der Waals surface area contributed by atoms with Gasteiger partial charge in [0.05, 0.1) is 13.2 Å². The number of hydrogen-bond donors (Lipinski definition) is 2. The smallest absolute Gasteiger partial charge is 0.108 e. The summed E-state index contributed by atoms with van der Waals surface area (Å²) in [5.74, 6) is 0. The first-order chi connectivity index (χ1) is 4.62. The highest BCUT2D eigenvalue weighted by Crippen LogP contribution is 2.01. The minimum absolute atomic E-state index is 0.206. The number of hydrogen-bond acceptors (Lipinski definition) is 3. The Bertz CT molecular complexity index is 80.9. The molecule has 0 aliphatic carbocycles. The summed E-state index contributed by atoms with van der Waals surface area (Å²) in [7, 11) is 0. The first-order valence-corrected chi connectivity index (χ1v) is 3.53.